The third kappa shape index (κ3) is 3.42. The van der Waals surface area contributed by atoms with Crippen molar-refractivity contribution in [3.8, 4) is 6.07 Å². The van der Waals surface area contributed by atoms with Gasteiger partial charge in [0.25, 0.3) is 0 Å². The number of nitrogens with zero attached hydrogens (tertiary/aromatic N) is 1. The molecule has 10 atom stereocenters. The number of ketones is 1. The Balaban J connectivity index is 1.63. The summed E-state index contributed by atoms with van der Waals surface area (Å²) in [7, 11) is 0. The van der Waals surface area contributed by atoms with Crippen LogP contribution < -0.4 is 0 Å². The zero-order chi connectivity index (χ0) is 27.4. The molecule has 0 aromatic rings. The van der Waals surface area contributed by atoms with E-state index in [9.17, 15) is 20.3 Å². The average molecular weight is 530 g/mol. The van der Waals surface area contributed by atoms with Crippen LogP contribution in [0.25, 0.3) is 0 Å². The van der Waals surface area contributed by atoms with Crippen LogP contribution >= 0.6 is 11.6 Å². The predicted molar refractivity (Wildman–Crippen MR) is 147 cm³/mol. The second-order valence-electron chi connectivity index (χ2n) is 15.8. The van der Waals surface area contributed by atoms with Gasteiger partial charge in [-0.2, -0.15) is 5.26 Å². The molecule has 0 aliphatic heterocycles. The molecule has 5 aliphatic rings. The van der Waals surface area contributed by atoms with Gasteiger partial charge in [-0.25, -0.2) is 0 Å². The average Bonchev–Trinajstić information content (AvgIpc) is 2.82. The number of aliphatic hydroxyl groups is 2. The number of aliphatic hydroxyl groups excluding tert-OH is 2. The van der Waals surface area contributed by atoms with E-state index in [4.69, 9.17) is 11.6 Å². The van der Waals surface area contributed by atoms with Gasteiger partial charge in [0.2, 0.25) is 0 Å². The summed E-state index contributed by atoms with van der Waals surface area (Å²) in [5, 5.41) is 32.4. The SMILES string of the molecule is CC1(C)CC[C@]2(C(O)CCl)CC[C@]3(C)C(C(=O)C[C@@H]4[C@@]5(C)C=C(C#N)C(O)C(C)(C)[C@@H]5CC[C@]43C)C2C1. The number of nitriles is 1. The second-order valence-corrected chi connectivity index (χ2v) is 16.1. The molecule has 0 aromatic heterocycles. The summed E-state index contributed by atoms with van der Waals surface area (Å²) in [5.41, 5.74) is -0.632. The molecule has 0 aromatic carbocycles. The van der Waals surface area contributed by atoms with Crippen LogP contribution in [0, 0.1) is 67.5 Å². The molecule has 2 N–H and O–H groups in total. The van der Waals surface area contributed by atoms with Crippen LogP contribution in [-0.4, -0.2) is 34.1 Å². The van der Waals surface area contributed by atoms with Gasteiger partial charge in [0, 0.05) is 23.6 Å². The summed E-state index contributed by atoms with van der Waals surface area (Å²) in [6, 6.07) is 2.31. The number of rotatable bonds is 2. The normalized spacial score (nSPS) is 50.9. The van der Waals surface area contributed by atoms with Gasteiger partial charge in [-0.1, -0.05) is 54.5 Å². The largest absolute Gasteiger partial charge is 0.391 e. The van der Waals surface area contributed by atoms with E-state index in [1.165, 1.54) is 0 Å². The van der Waals surface area contributed by atoms with E-state index in [0.29, 0.717) is 17.8 Å². The van der Waals surface area contributed by atoms with Gasteiger partial charge in [0.15, 0.2) is 0 Å². The van der Waals surface area contributed by atoms with Crippen LogP contribution in [0.3, 0.4) is 0 Å². The Morgan fingerprint density at radius 1 is 1.03 bits per heavy atom. The van der Waals surface area contributed by atoms with Crippen LogP contribution in [0.4, 0.5) is 0 Å². The number of carbonyl (C=O) groups excluding carboxylic acids is 1. The van der Waals surface area contributed by atoms with E-state index in [-0.39, 0.29) is 56.6 Å². The number of halogens is 1. The van der Waals surface area contributed by atoms with Gasteiger partial charge in [-0.05, 0) is 89.8 Å². The van der Waals surface area contributed by atoms with E-state index in [1.54, 1.807) is 0 Å². The molecule has 0 spiro atoms. The van der Waals surface area contributed by atoms with Crippen molar-refractivity contribution in [2.45, 2.75) is 112 Å². The molecule has 0 heterocycles. The van der Waals surface area contributed by atoms with E-state index in [0.717, 1.165) is 44.9 Å². The van der Waals surface area contributed by atoms with Gasteiger partial charge in [0.1, 0.15) is 5.78 Å². The summed E-state index contributed by atoms with van der Waals surface area (Å²) in [6.45, 7) is 16.0. The smallest absolute Gasteiger partial charge is 0.137 e. The molecular formula is C32H48ClNO3. The Labute approximate surface area is 229 Å². The molecule has 37 heavy (non-hydrogen) atoms. The Hall–Kier alpha value is -0.890. The Morgan fingerprint density at radius 3 is 2.30 bits per heavy atom. The first kappa shape index (κ1) is 27.7. The summed E-state index contributed by atoms with van der Waals surface area (Å²) in [6.07, 6.45) is 8.10. The third-order valence-corrected chi connectivity index (χ3v) is 13.9. The van der Waals surface area contributed by atoms with Crippen molar-refractivity contribution >= 4 is 17.4 Å². The maximum absolute atomic E-state index is 14.5. The van der Waals surface area contributed by atoms with E-state index >= 15 is 0 Å². The minimum atomic E-state index is -0.764. The number of hydrogen-bond donors (Lipinski definition) is 2. The van der Waals surface area contributed by atoms with Crippen LogP contribution in [0.2, 0.25) is 0 Å². The van der Waals surface area contributed by atoms with E-state index in [2.05, 4.69) is 60.6 Å². The van der Waals surface area contributed by atoms with Crippen molar-refractivity contribution in [3.05, 3.63) is 11.6 Å². The summed E-state index contributed by atoms with van der Waals surface area (Å²) in [4.78, 5) is 14.5. The molecule has 4 nitrogen and oxygen atoms in total. The van der Waals surface area contributed by atoms with Crippen molar-refractivity contribution in [2.24, 2.45) is 56.2 Å². The topological polar surface area (TPSA) is 81.3 Å². The Bertz CT molecular complexity index is 1060. The lowest BCUT2D eigenvalue weighted by Crippen LogP contribution is -2.69. The van der Waals surface area contributed by atoms with E-state index in [1.807, 2.05) is 0 Å². The maximum atomic E-state index is 14.5. The minimum absolute atomic E-state index is 0.0636. The maximum Gasteiger partial charge on any atom is 0.137 e. The molecule has 0 bridgehead atoms. The van der Waals surface area contributed by atoms with Crippen molar-refractivity contribution in [2.75, 3.05) is 5.88 Å². The quantitative estimate of drug-likeness (QED) is 0.391. The Morgan fingerprint density at radius 2 is 1.68 bits per heavy atom. The lowest BCUT2D eigenvalue weighted by Gasteiger charge is -2.72. The molecule has 4 fully saturated rings. The highest BCUT2D eigenvalue weighted by Gasteiger charge is 2.72. The molecule has 0 radical (unpaired) electrons. The monoisotopic (exact) mass is 529 g/mol. The van der Waals surface area contributed by atoms with Crippen molar-refractivity contribution in [1.29, 1.82) is 5.26 Å². The molecule has 5 heteroatoms. The second kappa shape index (κ2) is 8.31. The lowest BCUT2D eigenvalue weighted by molar-refractivity contribution is -0.236. The molecule has 4 saturated carbocycles. The highest BCUT2D eigenvalue weighted by Crippen LogP contribution is 2.76. The number of hydrogen-bond acceptors (Lipinski definition) is 4. The molecule has 4 unspecified atom stereocenters. The van der Waals surface area contributed by atoms with E-state index < -0.39 is 17.6 Å². The predicted octanol–water partition coefficient (Wildman–Crippen LogP) is 6.68. The number of Topliss-reactive ketones (excluding diaryl/α,β-unsaturated/α-hetero) is 1. The highest BCUT2D eigenvalue weighted by atomic mass is 35.5. The van der Waals surface area contributed by atoms with Gasteiger partial charge < -0.3 is 10.2 Å². The molecular weight excluding hydrogens is 482 g/mol. The fraction of sp³-hybridized carbons (Fsp3) is 0.875. The zero-order valence-corrected chi connectivity index (χ0v) is 24.8. The molecule has 5 rings (SSSR count). The molecule has 0 amide bonds. The number of fused-ring (bicyclic) bond motifs is 7. The first-order chi connectivity index (χ1) is 17.0. The summed E-state index contributed by atoms with van der Waals surface area (Å²) < 4.78 is 0. The molecule has 206 valence electrons. The molecule has 0 saturated heterocycles. The number of alkyl halides is 1. The standard InChI is InChI=1S/C32H48ClNO3/c1-27(2)10-12-32(24(36)17-33)13-11-31(7)25(20(32)16-27)21(35)14-23-29(5)15-19(18-34)26(37)28(3,4)22(29)8-9-30(23,31)6/h15,20,22-26,36-37H,8-14,16-17H2,1-7H3/t20?,22-,23+,24?,25?,26?,29-,30+,31+,32-/m0/s1. The van der Waals surface area contributed by atoms with Crippen LogP contribution in [0.1, 0.15) is 99.8 Å². The lowest BCUT2D eigenvalue weighted by atomic mass is 9.31. The first-order valence-electron chi connectivity index (χ1n) is 14.6. The Kier molecular flexibility index (Phi) is 6.21. The van der Waals surface area contributed by atoms with Gasteiger partial charge in [0.05, 0.1) is 23.9 Å². The summed E-state index contributed by atoms with van der Waals surface area (Å²) in [5.74, 6) is 1.01. The first-order valence-corrected chi connectivity index (χ1v) is 15.2. The highest BCUT2D eigenvalue weighted by molar-refractivity contribution is 6.18. The van der Waals surface area contributed by atoms with Gasteiger partial charge in [-0.15, -0.1) is 11.6 Å². The van der Waals surface area contributed by atoms with Crippen molar-refractivity contribution < 1.29 is 15.0 Å². The minimum Gasteiger partial charge on any atom is -0.391 e. The van der Waals surface area contributed by atoms with Crippen LogP contribution in [0.5, 0.6) is 0 Å². The van der Waals surface area contributed by atoms with Crippen LogP contribution in [0.15, 0.2) is 11.6 Å². The van der Waals surface area contributed by atoms with Crippen molar-refractivity contribution in [1.82, 2.24) is 0 Å². The fourth-order valence-corrected chi connectivity index (χ4v) is 11.6. The summed E-state index contributed by atoms with van der Waals surface area (Å²) >= 11 is 6.33. The third-order valence-electron chi connectivity index (χ3n) is 13.6. The van der Waals surface area contributed by atoms with Crippen LogP contribution in [-0.2, 0) is 4.79 Å². The molecule has 5 aliphatic carbocycles. The zero-order valence-electron chi connectivity index (χ0n) is 24.0. The number of carbonyl (C=O) groups is 1. The van der Waals surface area contributed by atoms with Gasteiger partial charge >= 0.3 is 0 Å². The fourth-order valence-electron chi connectivity index (χ4n) is 11.3. The van der Waals surface area contributed by atoms with Crippen molar-refractivity contribution in [3.63, 3.8) is 0 Å². The number of allylic oxidation sites excluding steroid dienone is 1. The van der Waals surface area contributed by atoms with Gasteiger partial charge in [-0.3, -0.25) is 4.79 Å².